The van der Waals surface area contributed by atoms with Gasteiger partial charge >= 0.3 is 5.97 Å². The van der Waals surface area contributed by atoms with Gasteiger partial charge < -0.3 is 14.6 Å². The number of nitrogens with zero attached hydrogens (tertiary/aromatic N) is 2. The molecule has 2 heterocycles. The lowest BCUT2D eigenvalue weighted by Crippen LogP contribution is -2.43. The fraction of sp³-hybridized carbons (Fsp3) is 0.280. The van der Waals surface area contributed by atoms with Crippen LogP contribution in [0.5, 0.6) is 0 Å². The standard InChI is InChI=1S/C25H27N3O4/c1-15-8-10-20(11-9-15)24(30)28(14-19-7-6-12-26-13-19)18(4)23(29)21-16(2)22(25(31)32-5)27-17(21)3/h6-13,18,27H,14H2,1-5H3. The predicted molar refractivity (Wildman–Crippen MR) is 121 cm³/mol. The minimum atomic E-state index is -0.775. The summed E-state index contributed by atoms with van der Waals surface area (Å²) in [6.07, 6.45) is 3.33. The number of carbonyl (C=O) groups excluding carboxylic acids is 3. The molecule has 0 saturated heterocycles. The second kappa shape index (κ2) is 9.60. The molecule has 3 rings (SSSR count). The van der Waals surface area contributed by atoms with Crippen molar-refractivity contribution in [1.82, 2.24) is 14.9 Å². The molecule has 0 aliphatic rings. The van der Waals surface area contributed by atoms with E-state index >= 15 is 0 Å². The van der Waals surface area contributed by atoms with Crippen LogP contribution in [0.25, 0.3) is 0 Å². The maximum absolute atomic E-state index is 13.6. The smallest absolute Gasteiger partial charge is 0.354 e. The first kappa shape index (κ1) is 22.9. The molecule has 0 aliphatic carbocycles. The number of nitrogens with one attached hydrogen (secondary N) is 1. The lowest BCUT2D eigenvalue weighted by atomic mass is 9.98. The highest BCUT2D eigenvalue weighted by Crippen LogP contribution is 2.24. The van der Waals surface area contributed by atoms with Crippen LogP contribution in [0, 0.1) is 20.8 Å². The molecule has 3 aromatic rings. The highest BCUT2D eigenvalue weighted by molar-refractivity contribution is 6.07. The Morgan fingerprint density at radius 2 is 1.78 bits per heavy atom. The molecule has 7 heteroatoms. The lowest BCUT2D eigenvalue weighted by Gasteiger charge is -2.29. The number of pyridine rings is 1. The molecular formula is C25H27N3O4. The zero-order valence-corrected chi connectivity index (χ0v) is 18.9. The van der Waals surface area contributed by atoms with Crippen molar-refractivity contribution in [3.05, 3.63) is 88.0 Å². The van der Waals surface area contributed by atoms with E-state index in [2.05, 4.69) is 9.97 Å². The second-order valence-corrected chi connectivity index (χ2v) is 7.82. The summed E-state index contributed by atoms with van der Waals surface area (Å²) in [7, 11) is 1.29. The van der Waals surface area contributed by atoms with Gasteiger partial charge in [-0.3, -0.25) is 14.6 Å². The minimum Gasteiger partial charge on any atom is -0.464 e. The molecule has 0 radical (unpaired) electrons. The molecule has 0 saturated carbocycles. The maximum Gasteiger partial charge on any atom is 0.354 e. The summed E-state index contributed by atoms with van der Waals surface area (Å²) in [5.41, 5.74) is 4.05. The van der Waals surface area contributed by atoms with E-state index in [1.165, 1.54) is 12.0 Å². The van der Waals surface area contributed by atoms with E-state index in [1.54, 1.807) is 51.4 Å². The number of carbonyl (C=O) groups is 3. The summed E-state index contributed by atoms with van der Waals surface area (Å²) < 4.78 is 4.80. The largest absolute Gasteiger partial charge is 0.464 e. The van der Waals surface area contributed by atoms with Gasteiger partial charge in [0.05, 0.1) is 13.2 Å². The molecule has 1 aromatic carbocycles. The first-order valence-corrected chi connectivity index (χ1v) is 10.3. The highest BCUT2D eigenvalue weighted by Gasteiger charge is 2.31. The fourth-order valence-electron chi connectivity index (χ4n) is 3.71. The van der Waals surface area contributed by atoms with Gasteiger partial charge in [-0.15, -0.1) is 0 Å². The normalized spacial score (nSPS) is 11.7. The number of hydrogen-bond acceptors (Lipinski definition) is 5. The summed E-state index contributed by atoms with van der Waals surface area (Å²) in [5, 5.41) is 0. The number of Topliss-reactive ketones (excluding diaryl/α,β-unsaturated/α-hetero) is 1. The van der Waals surface area contributed by atoms with Crippen molar-refractivity contribution in [1.29, 1.82) is 0 Å². The van der Waals surface area contributed by atoms with Crippen molar-refractivity contribution in [2.45, 2.75) is 40.3 Å². The van der Waals surface area contributed by atoms with Crippen molar-refractivity contribution in [2.75, 3.05) is 7.11 Å². The van der Waals surface area contributed by atoms with E-state index in [0.717, 1.165) is 11.1 Å². The average molecular weight is 434 g/mol. The molecule has 1 N–H and O–H groups in total. The predicted octanol–water partition coefficient (Wildman–Crippen LogP) is 4.04. The minimum absolute atomic E-state index is 0.222. The van der Waals surface area contributed by atoms with Gasteiger partial charge in [0.15, 0.2) is 5.78 Å². The van der Waals surface area contributed by atoms with Crippen molar-refractivity contribution in [2.24, 2.45) is 0 Å². The van der Waals surface area contributed by atoms with Gasteiger partial charge in [0.2, 0.25) is 0 Å². The molecule has 0 bridgehead atoms. The monoisotopic (exact) mass is 433 g/mol. The van der Waals surface area contributed by atoms with Crippen LogP contribution in [0.4, 0.5) is 0 Å². The molecule has 166 valence electrons. The molecular weight excluding hydrogens is 406 g/mol. The average Bonchev–Trinajstić information content (AvgIpc) is 3.10. The van der Waals surface area contributed by atoms with Gasteiger partial charge in [-0.25, -0.2) is 4.79 Å². The van der Waals surface area contributed by atoms with E-state index in [4.69, 9.17) is 4.74 Å². The maximum atomic E-state index is 13.6. The molecule has 1 atom stereocenters. The number of esters is 1. The summed E-state index contributed by atoms with van der Waals surface area (Å²) in [5.74, 6) is -1.05. The van der Waals surface area contributed by atoms with Crippen molar-refractivity contribution < 1.29 is 19.1 Å². The number of amides is 1. The van der Waals surface area contributed by atoms with Crippen molar-refractivity contribution >= 4 is 17.7 Å². The molecule has 0 aliphatic heterocycles. The summed E-state index contributed by atoms with van der Waals surface area (Å²) >= 11 is 0. The Bertz CT molecular complexity index is 1130. The number of ether oxygens (including phenoxy) is 1. The Kier molecular flexibility index (Phi) is 6.88. The molecule has 7 nitrogen and oxygen atoms in total. The van der Waals surface area contributed by atoms with Gasteiger partial charge in [-0.05, 0) is 57.0 Å². The van der Waals surface area contributed by atoms with Crippen LogP contribution in [-0.4, -0.2) is 45.7 Å². The van der Waals surface area contributed by atoms with Crippen LogP contribution < -0.4 is 0 Å². The quantitative estimate of drug-likeness (QED) is 0.449. The molecule has 32 heavy (non-hydrogen) atoms. The first-order chi connectivity index (χ1) is 15.2. The Balaban J connectivity index is 1.99. The van der Waals surface area contributed by atoms with Crippen molar-refractivity contribution in [3.8, 4) is 0 Å². The first-order valence-electron chi connectivity index (χ1n) is 10.3. The van der Waals surface area contributed by atoms with Gasteiger partial charge in [0, 0.05) is 35.8 Å². The van der Waals surface area contributed by atoms with E-state index in [1.807, 2.05) is 25.1 Å². The third-order valence-electron chi connectivity index (χ3n) is 5.56. The van der Waals surface area contributed by atoms with E-state index in [9.17, 15) is 14.4 Å². The second-order valence-electron chi connectivity index (χ2n) is 7.82. The van der Waals surface area contributed by atoms with Crippen molar-refractivity contribution in [3.63, 3.8) is 0 Å². The van der Waals surface area contributed by atoms with E-state index in [0.29, 0.717) is 22.4 Å². The molecule has 1 unspecified atom stereocenters. The summed E-state index contributed by atoms with van der Waals surface area (Å²) in [6, 6.07) is 10.1. The van der Waals surface area contributed by atoms with E-state index < -0.39 is 12.0 Å². The van der Waals surface area contributed by atoms with Crippen LogP contribution in [0.3, 0.4) is 0 Å². The van der Waals surface area contributed by atoms with Crippen LogP contribution in [0.2, 0.25) is 0 Å². The third-order valence-corrected chi connectivity index (χ3v) is 5.56. The summed E-state index contributed by atoms with van der Waals surface area (Å²) in [4.78, 5) is 47.6. The SMILES string of the molecule is COC(=O)c1[nH]c(C)c(C(=O)C(C)N(Cc2cccnc2)C(=O)c2ccc(C)cc2)c1C. The molecule has 2 aromatic heterocycles. The Morgan fingerprint density at radius 1 is 1.09 bits per heavy atom. The number of benzene rings is 1. The number of aromatic nitrogens is 2. The van der Waals surface area contributed by atoms with Crippen LogP contribution in [-0.2, 0) is 11.3 Å². The summed E-state index contributed by atoms with van der Waals surface area (Å²) in [6.45, 7) is 7.30. The number of methoxy groups -OCH3 is 1. The zero-order chi connectivity index (χ0) is 23.4. The van der Waals surface area contributed by atoms with Gasteiger partial charge in [-0.1, -0.05) is 23.8 Å². The van der Waals surface area contributed by atoms with Gasteiger partial charge in [-0.2, -0.15) is 0 Å². The van der Waals surface area contributed by atoms with Crippen LogP contribution >= 0.6 is 0 Å². The number of rotatable bonds is 7. The van der Waals surface area contributed by atoms with Crippen LogP contribution in [0.1, 0.15) is 60.5 Å². The number of ketones is 1. The highest BCUT2D eigenvalue weighted by atomic mass is 16.5. The number of H-pyrrole nitrogens is 1. The molecule has 1 amide bonds. The lowest BCUT2D eigenvalue weighted by molar-refractivity contribution is 0.0592. The number of aryl methyl sites for hydroxylation is 2. The Morgan fingerprint density at radius 3 is 2.38 bits per heavy atom. The topological polar surface area (TPSA) is 92.4 Å². The number of aromatic amines is 1. The van der Waals surface area contributed by atoms with Crippen LogP contribution in [0.15, 0.2) is 48.8 Å². The molecule has 0 fully saturated rings. The van der Waals surface area contributed by atoms with Gasteiger partial charge in [0.25, 0.3) is 5.91 Å². The van der Waals surface area contributed by atoms with E-state index in [-0.39, 0.29) is 23.9 Å². The Labute approximate surface area is 187 Å². The molecule has 0 spiro atoms. The third kappa shape index (κ3) is 4.61. The zero-order valence-electron chi connectivity index (χ0n) is 18.9. The number of hydrogen-bond donors (Lipinski definition) is 1. The Hall–Kier alpha value is -3.74. The van der Waals surface area contributed by atoms with Gasteiger partial charge in [0.1, 0.15) is 5.69 Å². The fourth-order valence-corrected chi connectivity index (χ4v) is 3.71.